The zero-order chi connectivity index (χ0) is 35.7. The number of carbonyl (C=O) groups is 3. The molecule has 0 radical (unpaired) electrons. The number of rotatable bonds is 11. The third kappa shape index (κ3) is 6.94. The van der Waals surface area contributed by atoms with Gasteiger partial charge in [-0.3, -0.25) is 14.6 Å². The second-order valence-corrected chi connectivity index (χ2v) is 13.2. The summed E-state index contributed by atoms with van der Waals surface area (Å²) >= 11 is 0. The lowest BCUT2D eigenvalue weighted by molar-refractivity contribution is -0.137. The van der Waals surface area contributed by atoms with E-state index in [9.17, 15) is 24.6 Å². The van der Waals surface area contributed by atoms with Crippen molar-refractivity contribution in [3.63, 3.8) is 0 Å². The van der Waals surface area contributed by atoms with Crippen LogP contribution in [0.15, 0.2) is 30.9 Å². The fourth-order valence-electron chi connectivity index (χ4n) is 7.02. The fourth-order valence-corrected chi connectivity index (χ4v) is 7.02. The van der Waals surface area contributed by atoms with Crippen molar-refractivity contribution in [3.05, 3.63) is 81.4 Å². The van der Waals surface area contributed by atoms with Crippen molar-refractivity contribution in [2.45, 2.75) is 72.1 Å². The number of hydrogen-bond donors (Lipinski definition) is 5. The van der Waals surface area contributed by atoms with Crippen LogP contribution in [0, 0.1) is 13.8 Å². The Morgan fingerprint density at radius 2 is 1.69 bits per heavy atom. The first kappa shape index (κ1) is 35.3. The van der Waals surface area contributed by atoms with Crippen LogP contribution in [0.1, 0.15) is 101 Å². The maximum Gasteiger partial charge on any atom is 0.338 e. The van der Waals surface area contributed by atoms with Crippen LogP contribution in [0.4, 0.5) is 0 Å². The molecule has 0 aromatic carbocycles. The van der Waals surface area contributed by atoms with Gasteiger partial charge in [-0.05, 0) is 88.2 Å². The quantitative estimate of drug-likeness (QED) is 0.160. The lowest BCUT2D eigenvalue weighted by Crippen LogP contribution is -2.32. The first-order valence-corrected chi connectivity index (χ1v) is 16.7. The molecule has 11 nitrogen and oxygen atoms in total. The molecular formula is C38H46N6O5. The summed E-state index contributed by atoms with van der Waals surface area (Å²) < 4.78 is 0. The predicted octanol–water partition coefficient (Wildman–Crippen LogP) is 6.28. The number of nitrogens with one attached hydrogen (secondary N) is 3. The molecule has 2 unspecified atom stereocenters. The van der Waals surface area contributed by atoms with Crippen molar-refractivity contribution in [1.82, 2.24) is 30.2 Å². The Hall–Kier alpha value is -5.03. The highest BCUT2D eigenvalue weighted by atomic mass is 16.4. The van der Waals surface area contributed by atoms with Gasteiger partial charge < -0.3 is 30.4 Å². The van der Waals surface area contributed by atoms with Crippen molar-refractivity contribution in [2.75, 3.05) is 27.2 Å². The Labute approximate surface area is 286 Å². The van der Waals surface area contributed by atoms with E-state index in [-0.39, 0.29) is 42.6 Å². The van der Waals surface area contributed by atoms with E-state index in [1.54, 1.807) is 13.0 Å². The number of carboxylic acids is 2. The van der Waals surface area contributed by atoms with Crippen LogP contribution in [0.5, 0.6) is 0 Å². The molecule has 2 aliphatic rings. The molecule has 5 heterocycles. The van der Waals surface area contributed by atoms with Gasteiger partial charge in [0.1, 0.15) is 0 Å². The minimum absolute atomic E-state index is 0.0536. The SMILES string of the molecule is C=CC1=C(C)c2cc3nc(c(CC(=O)NCCN(C)C)c4[nH]c(cc5[nH]c(cc1n2)c(C)c5CC)c(C)c4C(=O)O)C(CCC(=O)O)C3C. The smallest absolute Gasteiger partial charge is 0.338 e. The van der Waals surface area contributed by atoms with Crippen LogP contribution in [0.2, 0.25) is 0 Å². The van der Waals surface area contributed by atoms with Gasteiger partial charge in [0.05, 0.1) is 34.6 Å². The Balaban J connectivity index is 1.96. The van der Waals surface area contributed by atoms with E-state index in [2.05, 4.69) is 35.7 Å². The molecule has 1 amide bonds. The number of likely N-dealkylation sites (N-methyl/N-ethyl adjacent to an activating group) is 1. The number of hydrogen-bond acceptors (Lipinski definition) is 6. The van der Waals surface area contributed by atoms with Gasteiger partial charge in [0, 0.05) is 64.7 Å². The number of nitrogens with zero attached hydrogens (tertiary/aromatic N) is 3. The monoisotopic (exact) mass is 666 g/mol. The first-order chi connectivity index (χ1) is 23.2. The summed E-state index contributed by atoms with van der Waals surface area (Å²) in [6, 6.07) is 5.86. The number of carboxylic acid groups (broad SMARTS) is 2. The third-order valence-electron chi connectivity index (χ3n) is 9.84. The number of H-pyrrole nitrogens is 2. The van der Waals surface area contributed by atoms with Gasteiger partial charge in [-0.2, -0.15) is 0 Å². The molecule has 3 aromatic heterocycles. The van der Waals surface area contributed by atoms with E-state index < -0.39 is 11.9 Å². The number of aromatic carboxylic acids is 1. The highest BCUT2D eigenvalue weighted by Crippen LogP contribution is 2.43. The van der Waals surface area contributed by atoms with Gasteiger partial charge in [-0.25, -0.2) is 9.78 Å². The Morgan fingerprint density at radius 3 is 2.33 bits per heavy atom. The molecule has 258 valence electrons. The summed E-state index contributed by atoms with van der Waals surface area (Å²) in [5.41, 5.74) is 10.3. The molecule has 11 heteroatoms. The van der Waals surface area contributed by atoms with Crippen molar-refractivity contribution >= 4 is 51.1 Å². The molecule has 0 spiro atoms. The van der Waals surface area contributed by atoms with Gasteiger partial charge in [-0.1, -0.05) is 26.5 Å². The molecule has 0 saturated heterocycles. The summed E-state index contributed by atoms with van der Waals surface area (Å²) in [4.78, 5) is 57.4. The van der Waals surface area contributed by atoms with E-state index in [0.717, 1.165) is 51.1 Å². The second-order valence-electron chi connectivity index (χ2n) is 13.2. The molecule has 0 saturated carbocycles. The number of carbonyl (C=O) groups excluding carboxylic acids is 1. The molecule has 0 fully saturated rings. The summed E-state index contributed by atoms with van der Waals surface area (Å²) in [5.74, 6) is -2.99. The van der Waals surface area contributed by atoms with Gasteiger partial charge in [0.15, 0.2) is 0 Å². The lowest BCUT2D eigenvalue weighted by Gasteiger charge is -2.18. The van der Waals surface area contributed by atoms with E-state index in [4.69, 9.17) is 9.97 Å². The molecule has 2 aliphatic heterocycles. The van der Waals surface area contributed by atoms with Crippen molar-refractivity contribution in [3.8, 4) is 0 Å². The van der Waals surface area contributed by atoms with Gasteiger partial charge >= 0.3 is 11.9 Å². The minimum Gasteiger partial charge on any atom is -0.481 e. The summed E-state index contributed by atoms with van der Waals surface area (Å²) in [5, 5.41) is 23.3. The van der Waals surface area contributed by atoms with Crippen molar-refractivity contribution in [1.29, 1.82) is 0 Å². The lowest BCUT2D eigenvalue weighted by atomic mass is 9.85. The van der Waals surface area contributed by atoms with Crippen LogP contribution >= 0.6 is 0 Å². The van der Waals surface area contributed by atoms with Crippen molar-refractivity contribution in [2.24, 2.45) is 0 Å². The molecule has 5 rings (SSSR count). The zero-order valence-electron chi connectivity index (χ0n) is 29.4. The van der Waals surface area contributed by atoms with E-state index in [0.29, 0.717) is 46.6 Å². The van der Waals surface area contributed by atoms with Crippen LogP contribution in [0.3, 0.4) is 0 Å². The molecule has 49 heavy (non-hydrogen) atoms. The maximum atomic E-state index is 13.6. The van der Waals surface area contributed by atoms with Crippen LogP contribution in [0.25, 0.3) is 33.2 Å². The molecule has 5 N–H and O–H groups in total. The molecule has 2 atom stereocenters. The Bertz CT molecular complexity index is 2050. The third-order valence-corrected chi connectivity index (χ3v) is 9.84. The fraction of sp³-hybridized carbons (Fsp3) is 0.395. The Morgan fingerprint density at radius 1 is 0.980 bits per heavy atom. The molecular weight excluding hydrogens is 620 g/mol. The molecule has 3 aromatic rings. The number of aromatic amines is 2. The average molecular weight is 667 g/mol. The maximum absolute atomic E-state index is 13.6. The molecule has 8 bridgehead atoms. The van der Waals surface area contributed by atoms with E-state index in [1.807, 2.05) is 51.0 Å². The number of aliphatic carboxylic acids is 1. The standard InChI is InChI=1S/C38H46N6O5/c1-9-23-19(3)27-16-29-21(5)25(11-12-34(46)47)36(42-29)26(15-33(45)39-13-14-44(7)8)37-35(38(48)49)22(6)30(43-37)18-32-24(10-2)20(4)28(41-32)17-31(23)40-27/h9,16-18,21,25,41,43H,1,10-15H2,2-8H3,(H,39,45)(H,46,47)(H,48,49). The number of aromatic nitrogens is 4. The summed E-state index contributed by atoms with van der Waals surface area (Å²) in [7, 11) is 3.83. The highest BCUT2D eigenvalue weighted by Gasteiger charge is 2.34. The van der Waals surface area contributed by atoms with E-state index in [1.165, 1.54) is 0 Å². The summed E-state index contributed by atoms with van der Waals surface area (Å²) in [6.45, 7) is 15.0. The van der Waals surface area contributed by atoms with Gasteiger partial charge in [0.25, 0.3) is 0 Å². The number of aryl methyl sites for hydroxylation is 3. The van der Waals surface area contributed by atoms with Crippen LogP contribution in [-0.2, 0) is 22.4 Å². The number of fused-ring (bicyclic) bond motifs is 8. The average Bonchev–Trinajstić information content (AvgIpc) is 3.71. The topological polar surface area (TPSA) is 164 Å². The van der Waals surface area contributed by atoms with Gasteiger partial charge in [0.2, 0.25) is 5.91 Å². The van der Waals surface area contributed by atoms with Crippen LogP contribution < -0.4 is 5.32 Å². The highest BCUT2D eigenvalue weighted by molar-refractivity contribution is 6.03. The first-order valence-electron chi connectivity index (χ1n) is 16.7. The summed E-state index contributed by atoms with van der Waals surface area (Å²) in [6.07, 6.45) is 2.54. The predicted molar refractivity (Wildman–Crippen MR) is 193 cm³/mol. The van der Waals surface area contributed by atoms with E-state index >= 15 is 0 Å². The van der Waals surface area contributed by atoms with Crippen LogP contribution in [-0.4, -0.2) is 80.1 Å². The zero-order valence-corrected chi connectivity index (χ0v) is 29.4. The largest absolute Gasteiger partial charge is 0.481 e. The normalized spacial score (nSPS) is 15.9. The van der Waals surface area contributed by atoms with Gasteiger partial charge in [-0.15, -0.1) is 0 Å². The Kier molecular flexibility index (Phi) is 10.2. The minimum atomic E-state index is -1.13. The number of allylic oxidation sites excluding steroid dienone is 3. The van der Waals surface area contributed by atoms with Crippen molar-refractivity contribution < 1.29 is 24.6 Å². The number of amides is 1. The molecule has 0 aliphatic carbocycles. The second kappa shape index (κ2) is 14.2.